The maximum Gasteiger partial charge on any atom is 0.121 e. The molecule has 0 saturated carbocycles. The molecule has 1 aromatic carbocycles. The highest BCUT2D eigenvalue weighted by molar-refractivity contribution is 8.93. The number of hydrogen-bond acceptors (Lipinski definition) is 2. The minimum Gasteiger partial charge on any atom is -0.496 e. The molecular weight excluding hydrogens is 254 g/mol. The largest absolute Gasteiger partial charge is 0.496 e. The zero-order valence-electron chi connectivity index (χ0n) is 9.78. The van der Waals surface area contributed by atoms with Gasteiger partial charge in [0.1, 0.15) is 5.75 Å². The van der Waals surface area contributed by atoms with Crippen LogP contribution in [0.25, 0.3) is 0 Å². The normalized spacial score (nSPS) is 12.1. The van der Waals surface area contributed by atoms with E-state index in [-0.39, 0.29) is 23.0 Å². The molecule has 0 saturated heterocycles. The van der Waals surface area contributed by atoms with E-state index < -0.39 is 0 Å². The average Bonchev–Trinajstić information content (AvgIpc) is 2.16. The van der Waals surface area contributed by atoms with E-state index in [0.717, 1.165) is 11.3 Å². The number of benzene rings is 1. The van der Waals surface area contributed by atoms with E-state index >= 15 is 0 Å². The van der Waals surface area contributed by atoms with E-state index in [9.17, 15) is 0 Å². The highest BCUT2D eigenvalue weighted by atomic mass is 79.9. The molecule has 0 heterocycles. The van der Waals surface area contributed by atoms with Crippen molar-refractivity contribution in [2.45, 2.75) is 26.8 Å². The number of rotatable bonds is 3. The van der Waals surface area contributed by atoms with Gasteiger partial charge in [-0.1, -0.05) is 26.0 Å². The molecule has 0 bridgehead atoms. The monoisotopic (exact) mass is 273 g/mol. The Morgan fingerprint density at radius 2 is 1.87 bits per heavy atom. The number of methoxy groups -OCH3 is 1. The molecule has 0 spiro atoms. The summed E-state index contributed by atoms with van der Waals surface area (Å²) in [6.07, 6.45) is 0. The fourth-order valence-corrected chi connectivity index (χ4v) is 1.49. The summed E-state index contributed by atoms with van der Waals surface area (Å²) in [7, 11) is 1.68. The SMILES string of the molecule is Br.COc1ccc(C(N)C(C)C)cc1C. The van der Waals surface area contributed by atoms with Crippen molar-refractivity contribution in [3.8, 4) is 5.75 Å². The van der Waals surface area contributed by atoms with Gasteiger partial charge in [-0.3, -0.25) is 0 Å². The Bertz CT molecular complexity index is 312. The van der Waals surface area contributed by atoms with Crippen LogP contribution in [0.1, 0.15) is 31.0 Å². The maximum atomic E-state index is 6.06. The van der Waals surface area contributed by atoms with Gasteiger partial charge in [0.25, 0.3) is 0 Å². The Morgan fingerprint density at radius 1 is 1.27 bits per heavy atom. The third-order valence-electron chi connectivity index (χ3n) is 2.52. The molecular formula is C12H20BrNO. The maximum absolute atomic E-state index is 6.06. The van der Waals surface area contributed by atoms with E-state index in [1.54, 1.807) is 7.11 Å². The van der Waals surface area contributed by atoms with Gasteiger partial charge in [0.15, 0.2) is 0 Å². The van der Waals surface area contributed by atoms with Crippen LogP contribution in [0.5, 0.6) is 5.75 Å². The molecule has 1 atom stereocenters. The number of nitrogens with two attached hydrogens (primary N) is 1. The Morgan fingerprint density at radius 3 is 2.27 bits per heavy atom. The second-order valence-electron chi connectivity index (χ2n) is 4.00. The van der Waals surface area contributed by atoms with Gasteiger partial charge in [0.05, 0.1) is 7.11 Å². The first kappa shape index (κ1) is 14.5. The van der Waals surface area contributed by atoms with Crippen LogP contribution in [0.3, 0.4) is 0 Å². The van der Waals surface area contributed by atoms with Crippen molar-refractivity contribution in [2.24, 2.45) is 11.7 Å². The fourth-order valence-electron chi connectivity index (χ4n) is 1.49. The number of aryl methyl sites for hydroxylation is 1. The predicted molar refractivity (Wildman–Crippen MR) is 69.8 cm³/mol. The lowest BCUT2D eigenvalue weighted by molar-refractivity contribution is 0.411. The van der Waals surface area contributed by atoms with Crippen molar-refractivity contribution in [2.75, 3.05) is 7.11 Å². The van der Waals surface area contributed by atoms with Crippen LogP contribution in [-0.2, 0) is 0 Å². The van der Waals surface area contributed by atoms with Crippen molar-refractivity contribution in [3.63, 3.8) is 0 Å². The molecule has 15 heavy (non-hydrogen) atoms. The Kier molecular flexibility index (Phi) is 5.91. The van der Waals surface area contributed by atoms with Crippen molar-refractivity contribution in [3.05, 3.63) is 29.3 Å². The molecule has 0 aliphatic heterocycles. The van der Waals surface area contributed by atoms with Crippen molar-refractivity contribution in [1.82, 2.24) is 0 Å². The molecule has 1 unspecified atom stereocenters. The third kappa shape index (κ3) is 3.50. The zero-order valence-corrected chi connectivity index (χ0v) is 11.5. The lowest BCUT2D eigenvalue weighted by Crippen LogP contribution is -2.16. The molecule has 1 aromatic rings. The summed E-state index contributed by atoms with van der Waals surface area (Å²) in [5, 5.41) is 0. The van der Waals surface area contributed by atoms with Crippen molar-refractivity contribution < 1.29 is 4.74 Å². The van der Waals surface area contributed by atoms with Crippen molar-refractivity contribution in [1.29, 1.82) is 0 Å². The van der Waals surface area contributed by atoms with E-state index in [2.05, 4.69) is 19.9 Å². The molecule has 0 fully saturated rings. The summed E-state index contributed by atoms with van der Waals surface area (Å²) < 4.78 is 5.20. The molecule has 1 rings (SSSR count). The van der Waals surface area contributed by atoms with Crippen LogP contribution in [0, 0.1) is 12.8 Å². The first-order chi connectivity index (χ1) is 6.56. The van der Waals surface area contributed by atoms with Crippen LogP contribution in [0.2, 0.25) is 0 Å². The highest BCUT2D eigenvalue weighted by Gasteiger charge is 2.11. The third-order valence-corrected chi connectivity index (χ3v) is 2.52. The molecule has 0 aliphatic rings. The highest BCUT2D eigenvalue weighted by Crippen LogP contribution is 2.24. The summed E-state index contributed by atoms with van der Waals surface area (Å²) in [6.45, 7) is 6.30. The van der Waals surface area contributed by atoms with Gasteiger partial charge in [0.2, 0.25) is 0 Å². The quantitative estimate of drug-likeness (QED) is 0.918. The van der Waals surface area contributed by atoms with Gasteiger partial charge >= 0.3 is 0 Å². The Balaban J connectivity index is 0.00000196. The van der Waals surface area contributed by atoms with Gasteiger partial charge in [-0.2, -0.15) is 0 Å². The molecule has 0 amide bonds. The van der Waals surface area contributed by atoms with Crippen LogP contribution in [0.4, 0.5) is 0 Å². The van der Waals surface area contributed by atoms with Crippen molar-refractivity contribution >= 4 is 17.0 Å². The molecule has 2 N–H and O–H groups in total. The lowest BCUT2D eigenvalue weighted by atomic mass is 9.96. The molecule has 86 valence electrons. The number of halogens is 1. The van der Waals surface area contributed by atoms with E-state index in [1.807, 2.05) is 19.1 Å². The van der Waals surface area contributed by atoms with E-state index in [4.69, 9.17) is 10.5 Å². The first-order valence-electron chi connectivity index (χ1n) is 4.96. The summed E-state index contributed by atoms with van der Waals surface area (Å²) in [6, 6.07) is 6.23. The summed E-state index contributed by atoms with van der Waals surface area (Å²) in [4.78, 5) is 0. The molecule has 0 radical (unpaired) electrons. The molecule has 0 aliphatic carbocycles. The number of hydrogen-bond donors (Lipinski definition) is 1. The van der Waals surface area contributed by atoms with Crippen LogP contribution >= 0.6 is 17.0 Å². The van der Waals surface area contributed by atoms with Crippen LogP contribution in [-0.4, -0.2) is 7.11 Å². The predicted octanol–water partition coefficient (Wildman–Crippen LogP) is 3.24. The second kappa shape index (κ2) is 6.13. The fraction of sp³-hybridized carbons (Fsp3) is 0.500. The van der Waals surface area contributed by atoms with E-state index in [1.165, 1.54) is 5.56 Å². The summed E-state index contributed by atoms with van der Waals surface area (Å²) in [5.41, 5.74) is 8.38. The molecule has 2 nitrogen and oxygen atoms in total. The van der Waals surface area contributed by atoms with E-state index in [0.29, 0.717) is 5.92 Å². The minimum absolute atomic E-state index is 0. The topological polar surface area (TPSA) is 35.2 Å². The average molecular weight is 274 g/mol. The first-order valence-corrected chi connectivity index (χ1v) is 4.96. The molecule has 3 heteroatoms. The smallest absolute Gasteiger partial charge is 0.121 e. The van der Waals surface area contributed by atoms with Gasteiger partial charge in [-0.15, -0.1) is 17.0 Å². The van der Waals surface area contributed by atoms with Crippen LogP contribution < -0.4 is 10.5 Å². The second-order valence-corrected chi connectivity index (χ2v) is 4.00. The summed E-state index contributed by atoms with van der Waals surface area (Å²) >= 11 is 0. The van der Waals surface area contributed by atoms with Crippen LogP contribution in [0.15, 0.2) is 18.2 Å². The minimum atomic E-state index is 0. The standard InChI is InChI=1S/C12H19NO.BrH/c1-8(2)12(13)10-5-6-11(14-4)9(3)7-10;/h5-8,12H,13H2,1-4H3;1H. The summed E-state index contributed by atoms with van der Waals surface area (Å²) in [5.74, 6) is 1.38. The lowest BCUT2D eigenvalue weighted by Gasteiger charge is -2.17. The van der Waals surface area contributed by atoms with Gasteiger partial charge < -0.3 is 10.5 Å². The number of ether oxygens (including phenoxy) is 1. The van der Waals surface area contributed by atoms with Gasteiger partial charge in [-0.25, -0.2) is 0 Å². The van der Waals surface area contributed by atoms with Gasteiger partial charge in [0, 0.05) is 6.04 Å². The van der Waals surface area contributed by atoms with Gasteiger partial charge in [-0.05, 0) is 30.0 Å². The zero-order chi connectivity index (χ0) is 10.7. The Hall–Kier alpha value is -0.540. The molecule has 0 aromatic heterocycles. The Labute approximate surface area is 103 Å².